The van der Waals surface area contributed by atoms with E-state index in [0.29, 0.717) is 11.5 Å². The molecule has 7 heteroatoms. The Hall–Kier alpha value is -1.57. The van der Waals surface area contributed by atoms with Crippen molar-refractivity contribution in [2.24, 2.45) is 0 Å². The van der Waals surface area contributed by atoms with Gasteiger partial charge < -0.3 is 10.2 Å². The van der Waals surface area contributed by atoms with Gasteiger partial charge in [-0.1, -0.05) is 195 Å². The fourth-order valence-electron chi connectivity index (χ4n) is 8.01. The second-order valence-electron chi connectivity index (χ2n) is 19.3. The van der Waals surface area contributed by atoms with Crippen molar-refractivity contribution in [3.8, 4) is 0 Å². The zero-order valence-corrected chi connectivity index (χ0v) is 41.8. The number of carboxylic acids is 2. The molecule has 2 unspecified atom stereocenters. The Kier molecular flexibility index (Phi) is 26.3. The molecule has 4 nitrogen and oxygen atoms in total. The number of hydrogen-bond donors (Lipinski definition) is 2. The van der Waals surface area contributed by atoms with Crippen molar-refractivity contribution in [1.82, 2.24) is 0 Å². The molecule has 0 fully saturated rings. The standard InChI is InChI=1S/C52H86O4S3/c1-11-13-15-17-19-21-23-25-27-29-31-57-37-43(49(53)54)41-33-39(3)47(35-45(41)51(5,6)7)59-48-36-46(52(8,9)10)42(34-40(48)4)44(50(55)56)38-58-32-30-28-26-24-22-20-18-16-14-12-2/h33-36,43-44H,11-32,37-38H2,1-10H3,(H,53,54)(H,55,56). The van der Waals surface area contributed by atoms with Gasteiger partial charge in [0.1, 0.15) is 0 Å². The van der Waals surface area contributed by atoms with Crippen molar-refractivity contribution in [3.63, 3.8) is 0 Å². The van der Waals surface area contributed by atoms with Crippen LogP contribution in [0.4, 0.5) is 0 Å². The van der Waals surface area contributed by atoms with Crippen LogP contribution in [0.5, 0.6) is 0 Å². The normalized spacial score (nSPS) is 13.2. The van der Waals surface area contributed by atoms with Gasteiger partial charge >= 0.3 is 11.9 Å². The molecule has 0 aromatic heterocycles. The minimum atomic E-state index is -0.748. The number of unbranched alkanes of at least 4 members (excludes halogenated alkanes) is 18. The van der Waals surface area contributed by atoms with E-state index in [4.69, 9.17) is 0 Å². The minimum absolute atomic E-state index is 0.233. The fraction of sp³-hybridized carbons (Fsp3) is 0.731. The maximum Gasteiger partial charge on any atom is 0.311 e. The van der Waals surface area contributed by atoms with E-state index >= 15 is 0 Å². The van der Waals surface area contributed by atoms with Crippen molar-refractivity contribution >= 4 is 47.2 Å². The molecule has 0 saturated heterocycles. The lowest BCUT2D eigenvalue weighted by molar-refractivity contribution is -0.139. The minimum Gasteiger partial charge on any atom is -0.481 e. The summed E-state index contributed by atoms with van der Waals surface area (Å²) in [6.07, 6.45) is 26.1. The number of hydrogen-bond acceptors (Lipinski definition) is 5. The number of aryl methyl sites for hydroxylation is 2. The van der Waals surface area contributed by atoms with E-state index in [1.807, 2.05) is 0 Å². The lowest BCUT2D eigenvalue weighted by atomic mass is 9.79. The molecule has 0 radical (unpaired) electrons. The molecular formula is C52H86O4S3. The predicted octanol–water partition coefficient (Wildman–Crippen LogP) is 16.7. The smallest absolute Gasteiger partial charge is 0.311 e. The van der Waals surface area contributed by atoms with Crippen molar-refractivity contribution in [2.75, 3.05) is 23.0 Å². The van der Waals surface area contributed by atoms with Crippen molar-refractivity contribution in [2.45, 2.75) is 230 Å². The van der Waals surface area contributed by atoms with Crippen LogP contribution in [-0.2, 0) is 20.4 Å². The summed E-state index contributed by atoms with van der Waals surface area (Å²) in [5, 5.41) is 21.1. The van der Waals surface area contributed by atoms with E-state index in [0.717, 1.165) is 67.5 Å². The Balaban J connectivity index is 2.16. The topological polar surface area (TPSA) is 74.6 Å². The van der Waals surface area contributed by atoms with E-state index in [1.54, 1.807) is 35.3 Å². The van der Waals surface area contributed by atoms with Crippen LogP contribution >= 0.6 is 35.3 Å². The van der Waals surface area contributed by atoms with Gasteiger partial charge in [-0.25, -0.2) is 0 Å². The third kappa shape index (κ3) is 20.4. The third-order valence-corrected chi connectivity index (χ3v) is 15.3. The number of aliphatic carboxylic acids is 2. The Morgan fingerprint density at radius 3 is 1.05 bits per heavy atom. The van der Waals surface area contributed by atoms with E-state index < -0.39 is 23.8 Å². The summed E-state index contributed by atoms with van der Waals surface area (Å²) in [6.45, 7) is 21.8. The van der Waals surface area contributed by atoms with Crippen LogP contribution in [0.1, 0.15) is 229 Å². The highest BCUT2D eigenvalue weighted by molar-refractivity contribution is 7.99. The van der Waals surface area contributed by atoms with Gasteiger partial charge in [0.2, 0.25) is 0 Å². The number of carbonyl (C=O) groups is 2. The fourth-order valence-corrected chi connectivity index (χ4v) is 11.3. The number of carboxylic acid groups (broad SMARTS) is 2. The summed E-state index contributed by atoms with van der Waals surface area (Å²) in [4.78, 5) is 27.9. The van der Waals surface area contributed by atoms with Crippen LogP contribution in [0.25, 0.3) is 0 Å². The molecule has 0 aliphatic carbocycles. The number of benzene rings is 2. The molecule has 0 bridgehead atoms. The molecular weight excluding hydrogens is 785 g/mol. The molecule has 0 aliphatic heterocycles. The Bertz CT molecular complexity index is 1390. The third-order valence-electron chi connectivity index (χ3n) is 11.7. The highest BCUT2D eigenvalue weighted by Crippen LogP contribution is 2.43. The number of thioether (sulfide) groups is 2. The summed E-state index contributed by atoms with van der Waals surface area (Å²) >= 11 is 5.31. The second-order valence-corrected chi connectivity index (χ2v) is 22.7. The van der Waals surface area contributed by atoms with Crippen LogP contribution < -0.4 is 0 Å². The zero-order valence-electron chi connectivity index (χ0n) is 39.4. The Morgan fingerprint density at radius 2 is 0.780 bits per heavy atom. The lowest BCUT2D eigenvalue weighted by Gasteiger charge is -2.29. The van der Waals surface area contributed by atoms with Gasteiger partial charge in [0.25, 0.3) is 0 Å². The quantitative estimate of drug-likeness (QED) is 0.0709. The first-order valence-corrected chi connectivity index (χ1v) is 26.7. The van der Waals surface area contributed by atoms with Crippen LogP contribution in [0.2, 0.25) is 0 Å². The zero-order chi connectivity index (χ0) is 43.8. The van der Waals surface area contributed by atoms with E-state index in [1.165, 1.54) is 116 Å². The maximum atomic E-state index is 12.8. The summed E-state index contributed by atoms with van der Waals surface area (Å²) in [5.41, 5.74) is 5.75. The van der Waals surface area contributed by atoms with E-state index in [9.17, 15) is 19.8 Å². The molecule has 59 heavy (non-hydrogen) atoms. The summed E-state index contributed by atoms with van der Waals surface area (Å²) in [5.74, 6) is 0.565. The molecule has 2 aromatic rings. The van der Waals surface area contributed by atoms with E-state index in [-0.39, 0.29) is 10.8 Å². The van der Waals surface area contributed by atoms with Gasteiger partial charge in [-0.15, -0.1) is 0 Å². The largest absolute Gasteiger partial charge is 0.481 e. The summed E-state index contributed by atoms with van der Waals surface area (Å²) < 4.78 is 0. The van der Waals surface area contributed by atoms with Gasteiger partial charge in [0.05, 0.1) is 11.8 Å². The van der Waals surface area contributed by atoms with Crippen molar-refractivity contribution in [1.29, 1.82) is 0 Å². The second kappa shape index (κ2) is 28.9. The van der Waals surface area contributed by atoms with Crippen LogP contribution in [0.15, 0.2) is 34.1 Å². The van der Waals surface area contributed by atoms with Gasteiger partial charge in [0, 0.05) is 21.3 Å². The average molecular weight is 871 g/mol. The Morgan fingerprint density at radius 1 is 0.492 bits per heavy atom. The van der Waals surface area contributed by atoms with Gasteiger partial charge in [-0.2, -0.15) is 23.5 Å². The molecule has 0 aliphatic rings. The molecule has 0 saturated carbocycles. The van der Waals surface area contributed by atoms with Gasteiger partial charge in [-0.3, -0.25) is 9.59 Å². The molecule has 0 heterocycles. The van der Waals surface area contributed by atoms with Crippen LogP contribution in [0.3, 0.4) is 0 Å². The van der Waals surface area contributed by atoms with Crippen LogP contribution in [0, 0.1) is 13.8 Å². The average Bonchev–Trinajstić information content (AvgIpc) is 3.15. The first kappa shape index (κ1) is 53.6. The lowest BCUT2D eigenvalue weighted by Crippen LogP contribution is -2.22. The molecule has 0 spiro atoms. The Labute approximate surface area is 375 Å². The first-order valence-electron chi connectivity index (χ1n) is 23.6. The molecule has 2 atom stereocenters. The number of rotatable bonds is 32. The van der Waals surface area contributed by atoms with E-state index in [2.05, 4.69) is 93.5 Å². The van der Waals surface area contributed by atoms with Gasteiger partial charge in [0.15, 0.2) is 0 Å². The summed E-state index contributed by atoms with van der Waals surface area (Å²) in [7, 11) is 0. The van der Waals surface area contributed by atoms with Crippen molar-refractivity contribution < 1.29 is 19.8 Å². The molecule has 2 rings (SSSR count). The highest BCUT2D eigenvalue weighted by atomic mass is 32.2. The monoisotopic (exact) mass is 871 g/mol. The maximum absolute atomic E-state index is 12.8. The predicted molar refractivity (Wildman–Crippen MR) is 263 cm³/mol. The molecule has 2 aromatic carbocycles. The van der Waals surface area contributed by atoms with Gasteiger partial charge in [-0.05, 0) is 94.5 Å². The SMILES string of the molecule is CCCCCCCCCCCCSCC(C(=O)O)c1cc(C)c(Sc2cc(C(C)(C)C)c(C(CSCCCCCCCCCCCC)C(=O)O)cc2C)cc1C(C)(C)C. The first-order chi connectivity index (χ1) is 28.0. The molecule has 336 valence electrons. The van der Waals surface area contributed by atoms with Crippen LogP contribution in [-0.4, -0.2) is 45.2 Å². The van der Waals surface area contributed by atoms with Crippen molar-refractivity contribution in [3.05, 3.63) is 57.6 Å². The molecule has 0 amide bonds. The molecule has 2 N–H and O–H groups in total. The highest BCUT2D eigenvalue weighted by Gasteiger charge is 2.31. The summed E-state index contributed by atoms with van der Waals surface area (Å²) in [6, 6.07) is 8.77.